The second-order valence-electron chi connectivity index (χ2n) is 5.50. The van der Waals surface area contributed by atoms with Gasteiger partial charge in [-0.25, -0.2) is 8.42 Å². The molecule has 0 heterocycles. The number of methoxy groups -OCH3 is 1. The zero-order valence-electron chi connectivity index (χ0n) is 14.1. The van der Waals surface area contributed by atoms with Crippen LogP contribution in [0.2, 0.25) is 5.02 Å². The number of aryl methyl sites for hydroxylation is 1. The highest BCUT2D eigenvalue weighted by molar-refractivity contribution is 7.92. The fourth-order valence-corrected chi connectivity index (χ4v) is 3.24. The van der Waals surface area contributed by atoms with Gasteiger partial charge in [0.25, 0.3) is 0 Å². The van der Waals surface area contributed by atoms with Gasteiger partial charge in [0.2, 0.25) is 15.9 Å². The van der Waals surface area contributed by atoms with Gasteiger partial charge < -0.3 is 10.1 Å². The lowest BCUT2D eigenvalue weighted by Crippen LogP contribution is -2.37. The van der Waals surface area contributed by atoms with Gasteiger partial charge in [0, 0.05) is 5.02 Å². The zero-order valence-corrected chi connectivity index (χ0v) is 15.7. The Morgan fingerprint density at radius 2 is 1.84 bits per heavy atom. The quantitative estimate of drug-likeness (QED) is 0.833. The van der Waals surface area contributed by atoms with Crippen molar-refractivity contribution in [1.82, 2.24) is 0 Å². The Balaban J connectivity index is 2.23. The van der Waals surface area contributed by atoms with Crippen LogP contribution in [0.25, 0.3) is 0 Å². The average molecular weight is 383 g/mol. The summed E-state index contributed by atoms with van der Waals surface area (Å²) in [6.07, 6.45) is 1.06. The summed E-state index contributed by atoms with van der Waals surface area (Å²) in [6.45, 7) is 1.53. The number of carbonyl (C=O) groups excluding carboxylic acids is 1. The standard InChI is InChI=1S/C17H19ClN2O4S/c1-12-4-7-14(8-5-12)20(25(3,22)23)11-17(21)19-15-10-13(18)6-9-16(15)24-2/h4-10H,11H2,1-3H3,(H,19,21). The van der Waals surface area contributed by atoms with Crippen molar-refractivity contribution >= 4 is 38.9 Å². The van der Waals surface area contributed by atoms with E-state index in [0.717, 1.165) is 16.1 Å². The Morgan fingerprint density at radius 1 is 1.20 bits per heavy atom. The highest BCUT2D eigenvalue weighted by Crippen LogP contribution is 2.28. The number of halogens is 1. The van der Waals surface area contributed by atoms with E-state index in [9.17, 15) is 13.2 Å². The topological polar surface area (TPSA) is 75.7 Å². The molecule has 0 radical (unpaired) electrons. The maximum absolute atomic E-state index is 12.4. The lowest BCUT2D eigenvalue weighted by Gasteiger charge is -2.22. The first kappa shape index (κ1) is 19.1. The van der Waals surface area contributed by atoms with Crippen LogP contribution in [-0.2, 0) is 14.8 Å². The molecule has 0 bridgehead atoms. The van der Waals surface area contributed by atoms with Gasteiger partial charge in [-0.2, -0.15) is 0 Å². The highest BCUT2D eigenvalue weighted by Gasteiger charge is 2.21. The molecule has 0 unspecified atom stereocenters. The van der Waals surface area contributed by atoms with E-state index in [-0.39, 0.29) is 6.54 Å². The molecule has 8 heteroatoms. The Morgan fingerprint density at radius 3 is 2.40 bits per heavy atom. The normalized spacial score (nSPS) is 11.0. The van der Waals surface area contributed by atoms with Crippen molar-refractivity contribution in [2.45, 2.75) is 6.92 Å². The molecule has 0 spiro atoms. The van der Waals surface area contributed by atoms with Crippen LogP contribution in [0, 0.1) is 6.92 Å². The van der Waals surface area contributed by atoms with Gasteiger partial charge in [0.05, 0.1) is 24.7 Å². The number of hydrogen-bond donors (Lipinski definition) is 1. The van der Waals surface area contributed by atoms with Gasteiger partial charge in [0.15, 0.2) is 0 Å². The smallest absolute Gasteiger partial charge is 0.245 e. The molecular weight excluding hydrogens is 364 g/mol. The number of ether oxygens (including phenoxy) is 1. The SMILES string of the molecule is COc1ccc(Cl)cc1NC(=O)CN(c1ccc(C)cc1)S(C)(=O)=O. The largest absolute Gasteiger partial charge is 0.495 e. The Labute approximate surface area is 152 Å². The molecule has 0 fully saturated rings. The molecule has 0 atom stereocenters. The first-order chi connectivity index (χ1) is 11.7. The molecule has 2 aromatic carbocycles. The number of amides is 1. The Kier molecular flexibility index (Phi) is 5.92. The van der Waals surface area contributed by atoms with E-state index in [1.165, 1.54) is 13.2 Å². The van der Waals surface area contributed by atoms with Crippen molar-refractivity contribution < 1.29 is 17.9 Å². The van der Waals surface area contributed by atoms with Gasteiger partial charge in [-0.05, 0) is 37.3 Å². The molecule has 1 amide bonds. The lowest BCUT2D eigenvalue weighted by molar-refractivity contribution is -0.114. The Bertz CT molecular complexity index is 867. The van der Waals surface area contributed by atoms with E-state index in [0.29, 0.717) is 22.1 Å². The summed E-state index contributed by atoms with van der Waals surface area (Å²) in [6, 6.07) is 11.7. The molecule has 25 heavy (non-hydrogen) atoms. The number of nitrogens with zero attached hydrogens (tertiary/aromatic N) is 1. The van der Waals surface area contributed by atoms with Crippen LogP contribution in [0.1, 0.15) is 5.56 Å². The maximum Gasteiger partial charge on any atom is 0.245 e. The van der Waals surface area contributed by atoms with Crippen LogP contribution in [0.15, 0.2) is 42.5 Å². The van der Waals surface area contributed by atoms with E-state index in [1.54, 1.807) is 36.4 Å². The van der Waals surface area contributed by atoms with Crippen LogP contribution >= 0.6 is 11.6 Å². The summed E-state index contributed by atoms with van der Waals surface area (Å²) in [5.41, 5.74) is 1.78. The van der Waals surface area contributed by atoms with E-state index >= 15 is 0 Å². The molecule has 2 aromatic rings. The minimum absolute atomic E-state index is 0.364. The minimum Gasteiger partial charge on any atom is -0.495 e. The van der Waals surface area contributed by atoms with Crippen molar-refractivity contribution in [2.24, 2.45) is 0 Å². The summed E-state index contributed by atoms with van der Waals surface area (Å²) in [4.78, 5) is 12.4. The summed E-state index contributed by atoms with van der Waals surface area (Å²) < 4.78 is 30.4. The number of sulfonamides is 1. The summed E-state index contributed by atoms with van der Waals surface area (Å²) >= 11 is 5.93. The minimum atomic E-state index is -3.63. The molecule has 0 aliphatic heterocycles. The number of carbonyl (C=O) groups is 1. The maximum atomic E-state index is 12.4. The van der Waals surface area contributed by atoms with E-state index in [4.69, 9.17) is 16.3 Å². The second-order valence-corrected chi connectivity index (χ2v) is 7.84. The van der Waals surface area contributed by atoms with Gasteiger partial charge in [-0.1, -0.05) is 29.3 Å². The Hall–Kier alpha value is -2.25. The molecule has 0 aliphatic rings. The van der Waals surface area contributed by atoms with Crippen LogP contribution in [0.5, 0.6) is 5.75 Å². The average Bonchev–Trinajstić information content (AvgIpc) is 2.53. The first-order valence-corrected chi connectivity index (χ1v) is 9.61. The number of rotatable bonds is 6. The summed E-state index contributed by atoms with van der Waals surface area (Å²) in [7, 11) is -2.16. The van der Waals surface area contributed by atoms with Crippen molar-refractivity contribution in [1.29, 1.82) is 0 Å². The predicted octanol–water partition coefficient (Wildman–Crippen LogP) is 3.06. The van der Waals surface area contributed by atoms with Crippen LogP contribution < -0.4 is 14.4 Å². The van der Waals surface area contributed by atoms with Crippen LogP contribution in [0.3, 0.4) is 0 Å². The third kappa shape index (κ3) is 5.11. The lowest BCUT2D eigenvalue weighted by atomic mass is 10.2. The molecule has 0 aromatic heterocycles. The van der Waals surface area contributed by atoms with Gasteiger partial charge >= 0.3 is 0 Å². The third-order valence-corrected chi connectivity index (χ3v) is 4.82. The molecule has 1 N–H and O–H groups in total. The highest BCUT2D eigenvalue weighted by atomic mass is 35.5. The van der Waals surface area contributed by atoms with E-state index < -0.39 is 15.9 Å². The number of hydrogen-bond acceptors (Lipinski definition) is 4. The number of nitrogens with one attached hydrogen (secondary N) is 1. The second kappa shape index (κ2) is 7.76. The first-order valence-electron chi connectivity index (χ1n) is 7.38. The molecule has 0 aliphatic carbocycles. The third-order valence-electron chi connectivity index (χ3n) is 3.45. The zero-order chi connectivity index (χ0) is 18.6. The van der Waals surface area contributed by atoms with Gasteiger partial charge in [-0.15, -0.1) is 0 Å². The van der Waals surface area contributed by atoms with Gasteiger partial charge in [0.1, 0.15) is 12.3 Å². The number of anilines is 2. The monoisotopic (exact) mass is 382 g/mol. The molecule has 134 valence electrons. The van der Waals surface area contributed by atoms with Gasteiger partial charge in [-0.3, -0.25) is 9.10 Å². The van der Waals surface area contributed by atoms with E-state index in [1.807, 2.05) is 6.92 Å². The molecule has 0 saturated carbocycles. The fraction of sp³-hybridized carbons (Fsp3) is 0.235. The van der Waals surface area contributed by atoms with Crippen molar-refractivity contribution in [2.75, 3.05) is 29.5 Å². The molecule has 0 saturated heterocycles. The van der Waals surface area contributed by atoms with Crippen molar-refractivity contribution in [3.63, 3.8) is 0 Å². The summed E-state index contributed by atoms with van der Waals surface area (Å²) in [5, 5.41) is 3.06. The predicted molar refractivity (Wildman–Crippen MR) is 100 cm³/mol. The molecule has 6 nitrogen and oxygen atoms in total. The summed E-state index contributed by atoms with van der Waals surface area (Å²) in [5.74, 6) is -0.0782. The molecular formula is C17H19ClN2O4S. The van der Waals surface area contributed by atoms with E-state index in [2.05, 4.69) is 5.32 Å². The molecule has 2 rings (SSSR count). The van der Waals surface area contributed by atoms with Crippen molar-refractivity contribution in [3.8, 4) is 5.75 Å². The van der Waals surface area contributed by atoms with Crippen LogP contribution in [-0.4, -0.2) is 34.2 Å². The van der Waals surface area contributed by atoms with Crippen molar-refractivity contribution in [3.05, 3.63) is 53.1 Å². The number of benzene rings is 2. The fourth-order valence-electron chi connectivity index (χ4n) is 2.21. The van der Waals surface area contributed by atoms with Crippen LogP contribution in [0.4, 0.5) is 11.4 Å².